The lowest BCUT2D eigenvalue weighted by Crippen LogP contribution is -2.35. The molecule has 0 saturated heterocycles. The van der Waals surface area contributed by atoms with Crippen LogP contribution in [0.5, 0.6) is 5.75 Å². The number of benzene rings is 1. The number of nitriles is 1. The van der Waals surface area contributed by atoms with Crippen molar-refractivity contribution in [3.05, 3.63) is 29.8 Å². The fraction of sp³-hybridized carbons (Fsp3) is 0.500. The molecular weight excluding hydrogens is 244 g/mol. The molecule has 5 nitrogen and oxygen atoms in total. The Morgan fingerprint density at radius 2 is 1.84 bits per heavy atom. The van der Waals surface area contributed by atoms with Crippen molar-refractivity contribution in [2.75, 3.05) is 19.7 Å². The molecule has 0 saturated carbocycles. The van der Waals surface area contributed by atoms with Gasteiger partial charge in [0.25, 0.3) is 0 Å². The molecule has 1 rings (SSSR count). The number of nitrogens with one attached hydrogen (secondary N) is 1. The van der Waals surface area contributed by atoms with Crippen molar-refractivity contribution in [1.82, 2.24) is 5.32 Å². The van der Waals surface area contributed by atoms with E-state index in [9.17, 15) is 10.2 Å². The number of aliphatic hydroxyl groups excluding tert-OH is 2. The molecule has 0 aliphatic carbocycles. The lowest BCUT2D eigenvalue weighted by atomic mass is 10.2. The third-order valence-electron chi connectivity index (χ3n) is 2.66. The Morgan fingerprint density at radius 1 is 1.21 bits per heavy atom. The number of nitrogens with zero attached hydrogens (tertiary/aromatic N) is 1. The van der Waals surface area contributed by atoms with Crippen LogP contribution < -0.4 is 10.1 Å². The summed E-state index contributed by atoms with van der Waals surface area (Å²) in [4.78, 5) is 0. The summed E-state index contributed by atoms with van der Waals surface area (Å²) < 4.78 is 5.39. The second-order valence-corrected chi connectivity index (χ2v) is 4.32. The fourth-order valence-electron chi connectivity index (χ4n) is 1.44. The van der Waals surface area contributed by atoms with Gasteiger partial charge in [-0.1, -0.05) is 6.92 Å². The molecule has 5 heteroatoms. The summed E-state index contributed by atoms with van der Waals surface area (Å²) in [6.07, 6.45) is -0.337. The Bertz CT molecular complexity index is 400. The van der Waals surface area contributed by atoms with E-state index in [0.717, 1.165) is 0 Å². The minimum atomic E-state index is -0.639. The number of hydrogen-bond donors (Lipinski definition) is 3. The average Bonchev–Trinajstić information content (AvgIpc) is 2.45. The van der Waals surface area contributed by atoms with Crippen LogP contribution in [0.3, 0.4) is 0 Å². The van der Waals surface area contributed by atoms with Crippen LogP contribution in [0.15, 0.2) is 24.3 Å². The van der Waals surface area contributed by atoms with Crippen molar-refractivity contribution >= 4 is 0 Å². The van der Waals surface area contributed by atoms with Gasteiger partial charge in [-0.2, -0.15) is 5.26 Å². The van der Waals surface area contributed by atoms with Gasteiger partial charge in [-0.25, -0.2) is 0 Å². The molecule has 2 atom stereocenters. The topological polar surface area (TPSA) is 85.5 Å². The van der Waals surface area contributed by atoms with Crippen LogP contribution >= 0.6 is 0 Å². The van der Waals surface area contributed by atoms with Crippen LogP contribution in [-0.2, 0) is 0 Å². The Labute approximate surface area is 113 Å². The van der Waals surface area contributed by atoms with Gasteiger partial charge in [0.1, 0.15) is 18.5 Å². The Hall–Kier alpha value is -1.61. The molecule has 3 N–H and O–H groups in total. The lowest BCUT2D eigenvalue weighted by Gasteiger charge is -2.14. The van der Waals surface area contributed by atoms with E-state index in [4.69, 9.17) is 10.00 Å². The average molecular weight is 264 g/mol. The van der Waals surface area contributed by atoms with Gasteiger partial charge in [-0.3, -0.25) is 0 Å². The Balaban J connectivity index is 2.22. The Kier molecular flexibility index (Phi) is 6.90. The van der Waals surface area contributed by atoms with Crippen LogP contribution in [0, 0.1) is 11.3 Å². The minimum absolute atomic E-state index is 0.168. The molecule has 0 spiro atoms. The van der Waals surface area contributed by atoms with Gasteiger partial charge < -0.3 is 20.3 Å². The SMILES string of the molecule is CCC(O)CNCC(O)COc1ccc(C#N)cc1. The van der Waals surface area contributed by atoms with Gasteiger partial charge in [0.15, 0.2) is 0 Å². The second kappa shape index (κ2) is 8.48. The van der Waals surface area contributed by atoms with Crippen LogP contribution in [0.4, 0.5) is 0 Å². The molecule has 0 heterocycles. The van der Waals surface area contributed by atoms with E-state index in [1.165, 1.54) is 0 Å². The van der Waals surface area contributed by atoms with Crippen molar-refractivity contribution < 1.29 is 14.9 Å². The zero-order valence-corrected chi connectivity index (χ0v) is 11.0. The monoisotopic (exact) mass is 264 g/mol. The summed E-state index contributed by atoms with van der Waals surface area (Å²) in [6.45, 7) is 2.90. The highest BCUT2D eigenvalue weighted by molar-refractivity contribution is 5.34. The highest BCUT2D eigenvalue weighted by Crippen LogP contribution is 2.11. The number of rotatable bonds is 8. The van der Waals surface area contributed by atoms with Gasteiger partial charge in [0, 0.05) is 13.1 Å². The van der Waals surface area contributed by atoms with E-state index in [2.05, 4.69) is 5.32 Å². The lowest BCUT2D eigenvalue weighted by molar-refractivity contribution is 0.0992. The van der Waals surface area contributed by atoms with Gasteiger partial charge >= 0.3 is 0 Å². The molecule has 0 radical (unpaired) electrons. The minimum Gasteiger partial charge on any atom is -0.491 e. The van der Waals surface area contributed by atoms with Crippen LogP contribution in [0.1, 0.15) is 18.9 Å². The molecule has 104 valence electrons. The first kappa shape index (κ1) is 15.4. The third kappa shape index (κ3) is 6.20. The van der Waals surface area contributed by atoms with Gasteiger partial charge in [0.2, 0.25) is 0 Å². The maximum atomic E-state index is 9.68. The van der Waals surface area contributed by atoms with E-state index < -0.39 is 6.10 Å². The van der Waals surface area contributed by atoms with Crippen LogP contribution in [0.2, 0.25) is 0 Å². The molecule has 1 aromatic rings. The van der Waals surface area contributed by atoms with Crippen molar-refractivity contribution in [1.29, 1.82) is 5.26 Å². The van der Waals surface area contributed by atoms with E-state index in [1.807, 2.05) is 13.0 Å². The third-order valence-corrected chi connectivity index (χ3v) is 2.66. The van der Waals surface area contributed by atoms with Crippen LogP contribution in [0.25, 0.3) is 0 Å². The molecule has 0 amide bonds. The maximum Gasteiger partial charge on any atom is 0.119 e. The van der Waals surface area contributed by atoms with Crippen molar-refractivity contribution in [3.8, 4) is 11.8 Å². The van der Waals surface area contributed by atoms with E-state index in [0.29, 0.717) is 30.8 Å². The van der Waals surface area contributed by atoms with Gasteiger partial charge in [-0.05, 0) is 30.7 Å². The van der Waals surface area contributed by atoms with Gasteiger partial charge in [-0.15, -0.1) is 0 Å². The summed E-state index contributed by atoms with van der Waals surface area (Å²) in [5.74, 6) is 0.617. The molecule has 1 aromatic carbocycles. The van der Waals surface area contributed by atoms with E-state index in [1.54, 1.807) is 24.3 Å². The molecule has 0 aromatic heterocycles. The molecule has 0 bridgehead atoms. The largest absolute Gasteiger partial charge is 0.491 e. The fourth-order valence-corrected chi connectivity index (χ4v) is 1.44. The zero-order valence-electron chi connectivity index (χ0n) is 11.0. The Morgan fingerprint density at radius 3 is 2.42 bits per heavy atom. The second-order valence-electron chi connectivity index (χ2n) is 4.32. The highest BCUT2D eigenvalue weighted by Gasteiger charge is 2.06. The predicted octanol–water partition coefficient (Wildman–Crippen LogP) is 0.658. The zero-order chi connectivity index (χ0) is 14.1. The van der Waals surface area contributed by atoms with Crippen molar-refractivity contribution in [3.63, 3.8) is 0 Å². The number of ether oxygens (including phenoxy) is 1. The molecule has 0 fully saturated rings. The molecular formula is C14H20N2O3. The highest BCUT2D eigenvalue weighted by atomic mass is 16.5. The summed E-state index contributed by atoms with van der Waals surface area (Å²) in [5.41, 5.74) is 0.572. The van der Waals surface area contributed by atoms with Crippen LogP contribution in [-0.4, -0.2) is 42.1 Å². The number of hydrogen-bond acceptors (Lipinski definition) is 5. The van der Waals surface area contributed by atoms with E-state index >= 15 is 0 Å². The normalized spacial score (nSPS) is 13.6. The molecule has 0 aliphatic heterocycles. The predicted molar refractivity (Wildman–Crippen MR) is 71.8 cm³/mol. The number of aliphatic hydroxyl groups is 2. The summed E-state index contributed by atoms with van der Waals surface area (Å²) >= 11 is 0. The summed E-state index contributed by atoms with van der Waals surface area (Å²) in [7, 11) is 0. The maximum absolute atomic E-state index is 9.68. The summed E-state index contributed by atoms with van der Waals surface area (Å²) in [6, 6.07) is 8.74. The van der Waals surface area contributed by atoms with Gasteiger partial charge in [0.05, 0.1) is 17.7 Å². The summed E-state index contributed by atoms with van der Waals surface area (Å²) in [5, 5.41) is 30.6. The first-order chi connectivity index (χ1) is 9.15. The smallest absolute Gasteiger partial charge is 0.119 e. The van der Waals surface area contributed by atoms with Crippen molar-refractivity contribution in [2.45, 2.75) is 25.6 Å². The molecule has 0 aliphatic rings. The molecule has 19 heavy (non-hydrogen) atoms. The van der Waals surface area contributed by atoms with E-state index in [-0.39, 0.29) is 12.7 Å². The molecule has 2 unspecified atom stereocenters. The quantitative estimate of drug-likeness (QED) is 0.642. The van der Waals surface area contributed by atoms with Crippen molar-refractivity contribution in [2.24, 2.45) is 0 Å². The first-order valence-corrected chi connectivity index (χ1v) is 6.35. The standard InChI is InChI=1S/C14H20N2O3/c1-2-12(17)8-16-9-13(18)10-19-14-5-3-11(7-15)4-6-14/h3-6,12-13,16-18H,2,8-10H2,1H3. The first-order valence-electron chi connectivity index (χ1n) is 6.35.